The molecule has 0 saturated carbocycles. The average molecular weight is 452 g/mol. The Morgan fingerprint density at radius 2 is 1.68 bits per heavy atom. The van der Waals surface area contributed by atoms with Crippen LogP contribution in [0.5, 0.6) is 5.75 Å². The van der Waals surface area contributed by atoms with Gasteiger partial charge in [0.1, 0.15) is 11.4 Å². The van der Waals surface area contributed by atoms with Gasteiger partial charge in [-0.15, -0.1) is 0 Å². The van der Waals surface area contributed by atoms with Crippen molar-refractivity contribution in [2.24, 2.45) is 0 Å². The van der Waals surface area contributed by atoms with Crippen LogP contribution in [0.25, 0.3) is 5.69 Å². The molecule has 138 valence electrons. The first-order valence-electron chi connectivity index (χ1n) is 6.71. The summed E-state index contributed by atoms with van der Waals surface area (Å²) in [6.45, 7) is 3.36. The summed E-state index contributed by atoms with van der Waals surface area (Å²) < 4.78 is 83.7. The van der Waals surface area contributed by atoms with Crippen molar-refractivity contribution in [3.63, 3.8) is 0 Å². The zero-order valence-electron chi connectivity index (χ0n) is 12.6. The van der Waals surface area contributed by atoms with E-state index in [9.17, 15) is 26.3 Å². The van der Waals surface area contributed by atoms with Crippen molar-refractivity contribution < 1.29 is 31.1 Å². The maximum absolute atomic E-state index is 13.1. The molecule has 0 aliphatic rings. The molecule has 0 spiro atoms. The summed E-state index contributed by atoms with van der Waals surface area (Å²) in [5.74, 6) is 0.117. The summed E-state index contributed by atoms with van der Waals surface area (Å²) in [6, 6.07) is 2.25. The SMILES string of the molecule is CC(C)Oc1cc(-n2nc(C(F)(F)F)cc2C(F)(F)F)c(Cl)cc1Br. The third-order valence-electron chi connectivity index (χ3n) is 2.88. The van der Waals surface area contributed by atoms with E-state index >= 15 is 0 Å². The molecule has 11 heteroatoms. The summed E-state index contributed by atoms with van der Waals surface area (Å²) >= 11 is 9.06. The summed E-state index contributed by atoms with van der Waals surface area (Å²) in [5.41, 5.74) is -3.66. The number of ether oxygens (including phenoxy) is 1. The minimum atomic E-state index is -5.06. The molecular weight excluding hydrogens is 442 g/mol. The lowest BCUT2D eigenvalue weighted by atomic mass is 10.2. The van der Waals surface area contributed by atoms with E-state index in [1.54, 1.807) is 13.8 Å². The fourth-order valence-electron chi connectivity index (χ4n) is 1.93. The van der Waals surface area contributed by atoms with E-state index in [2.05, 4.69) is 21.0 Å². The van der Waals surface area contributed by atoms with Gasteiger partial charge in [-0.05, 0) is 35.8 Å². The molecule has 2 rings (SSSR count). The first-order valence-corrected chi connectivity index (χ1v) is 7.88. The highest BCUT2D eigenvalue weighted by Crippen LogP contribution is 2.40. The molecule has 2 aromatic rings. The van der Waals surface area contributed by atoms with Crippen LogP contribution in [0.15, 0.2) is 22.7 Å². The van der Waals surface area contributed by atoms with Gasteiger partial charge in [0.25, 0.3) is 0 Å². The van der Waals surface area contributed by atoms with E-state index in [0.717, 1.165) is 6.07 Å². The molecule has 0 unspecified atom stereocenters. The molecule has 25 heavy (non-hydrogen) atoms. The second-order valence-corrected chi connectivity index (χ2v) is 6.48. The largest absolute Gasteiger partial charge is 0.490 e. The highest BCUT2D eigenvalue weighted by molar-refractivity contribution is 9.10. The first-order chi connectivity index (χ1) is 11.3. The number of hydrogen-bond acceptors (Lipinski definition) is 2. The molecule has 0 aliphatic carbocycles. The van der Waals surface area contributed by atoms with E-state index < -0.39 is 23.7 Å². The Labute approximate surface area is 151 Å². The zero-order valence-corrected chi connectivity index (χ0v) is 15.0. The number of benzene rings is 1. The molecule has 1 aromatic heterocycles. The van der Waals surface area contributed by atoms with E-state index in [-0.39, 0.29) is 33.3 Å². The van der Waals surface area contributed by atoms with Crippen LogP contribution in [-0.2, 0) is 12.4 Å². The maximum Gasteiger partial charge on any atom is 0.435 e. The Balaban J connectivity index is 2.70. The number of hydrogen-bond donors (Lipinski definition) is 0. The predicted molar refractivity (Wildman–Crippen MR) is 82.0 cm³/mol. The van der Waals surface area contributed by atoms with E-state index in [0.29, 0.717) is 4.47 Å². The molecule has 3 nitrogen and oxygen atoms in total. The topological polar surface area (TPSA) is 27.1 Å². The average Bonchev–Trinajstić information content (AvgIpc) is 2.86. The molecule has 0 fully saturated rings. The van der Waals surface area contributed by atoms with Crippen LogP contribution in [0, 0.1) is 0 Å². The first kappa shape index (κ1) is 19.9. The van der Waals surface area contributed by atoms with Crippen LogP contribution in [-0.4, -0.2) is 15.9 Å². The Bertz CT molecular complexity index is 785. The number of aromatic nitrogens is 2. The minimum absolute atomic E-state index is 0.0681. The van der Waals surface area contributed by atoms with Crippen LogP contribution in [0.3, 0.4) is 0 Å². The number of nitrogens with zero attached hydrogens (tertiary/aromatic N) is 2. The lowest BCUT2D eigenvalue weighted by molar-refractivity contribution is -0.143. The van der Waals surface area contributed by atoms with Gasteiger partial charge in [-0.2, -0.15) is 31.4 Å². The zero-order chi connectivity index (χ0) is 19.2. The third kappa shape index (κ3) is 4.41. The number of rotatable bonds is 3. The summed E-state index contributed by atoms with van der Waals surface area (Å²) in [5, 5.41) is 2.81. The fraction of sp³-hybridized carbons (Fsp3) is 0.357. The Morgan fingerprint density at radius 1 is 1.08 bits per heavy atom. The van der Waals surface area contributed by atoms with Crippen molar-refractivity contribution in [1.29, 1.82) is 0 Å². The lowest BCUT2D eigenvalue weighted by Gasteiger charge is -2.16. The quantitative estimate of drug-likeness (QED) is 0.526. The molecule has 1 heterocycles. The number of alkyl halides is 6. The van der Waals surface area contributed by atoms with Crippen molar-refractivity contribution >= 4 is 27.5 Å². The van der Waals surface area contributed by atoms with E-state index in [4.69, 9.17) is 16.3 Å². The molecular formula is C14H10BrClF6N2O. The fourth-order valence-corrected chi connectivity index (χ4v) is 2.74. The van der Waals surface area contributed by atoms with Gasteiger partial charge in [-0.3, -0.25) is 0 Å². The van der Waals surface area contributed by atoms with Crippen LogP contribution in [0.2, 0.25) is 5.02 Å². The monoisotopic (exact) mass is 450 g/mol. The third-order valence-corrected chi connectivity index (χ3v) is 3.80. The van der Waals surface area contributed by atoms with E-state index in [1.165, 1.54) is 6.07 Å². The molecule has 0 bridgehead atoms. The van der Waals surface area contributed by atoms with Crippen LogP contribution >= 0.6 is 27.5 Å². The van der Waals surface area contributed by atoms with Crippen molar-refractivity contribution in [2.45, 2.75) is 32.3 Å². The van der Waals surface area contributed by atoms with Crippen molar-refractivity contribution in [1.82, 2.24) is 9.78 Å². The predicted octanol–water partition coefficient (Wildman–Crippen LogP) is 6.11. The Hall–Kier alpha value is -1.42. The highest BCUT2D eigenvalue weighted by Gasteiger charge is 2.42. The minimum Gasteiger partial charge on any atom is -0.490 e. The Morgan fingerprint density at radius 3 is 2.16 bits per heavy atom. The number of halogens is 8. The van der Waals surface area contributed by atoms with Gasteiger partial charge < -0.3 is 4.74 Å². The van der Waals surface area contributed by atoms with Gasteiger partial charge in [-0.25, -0.2) is 4.68 Å². The van der Waals surface area contributed by atoms with Gasteiger partial charge in [0.05, 0.1) is 21.3 Å². The lowest BCUT2D eigenvalue weighted by Crippen LogP contribution is -2.14. The Kier molecular flexibility index (Phi) is 5.34. The van der Waals surface area contributed by atoms with Crippen LogP contribution in [0.1, 0.15) is 25.2 Å². The van der Waals surface area contributed by atoms with Gasteiger partial charge in [-0.1, -0.05) is 11.6 Å². The van der Waals surface area contributed by atoms with Crippen LogP contribution in [0.4, 0.5) is 26.3 Å². The highest BCUT2D eigenvalue weighted by atomic mass is 79.9. The normalized spacial score (nSPS) is 12.8. The summed E-state index contributed by atoms with van der Waals surface area (Å²) in [4.78, 5) is 0. The summed E-state index contributed by atoms with van der Waals surface area (Å²) in [7, 11) is 0. The molecule has 0 atom stereocenters. The standard InChI is InChI=1S/C14H10BrClF6N2O/c1-6(2)25-10-4-9(8(16)3-7(10)15)24-12(14(20,21)22)5-11(23-24)13(17,18)19/h3-6H,1-2H3. The van der Waals surface area contributed by atoms with Gasteiger partial charge in [0.2, 0.25) is 0 Å². The van der Waals surface area contributed by atoms with Crippen molar-refractivity contribution in [2.75, 3.05) is 0 Å². The van der Waals surface area contributed by atoms with Gasteiger partial charge in [0, 0.05) is 12.1 Å². The maximum atomic E-state index is 13.1. The van der Waals surface area contributed by atoms with Gasteiger partial charge in [0.15, 0.2) is 5.69 Å². The van der Waals surface area contributed by atoms with Crippen molar-refractivity contribution in [3.05, 3.63) is 39.1 Å². The molecule has 0 saturated heterocycles. The molecule has 0 aliphatic heterocycles. The smallest absolute Gasteiger partial charge is 0.435 e. The molecule has 1 aromatic carbocycles. The second-order valence-electron chi connectivity index (χ2n) is 5.22. The summed E-state index contributed by atoms with van der Waals surface area (Å²) in [6.07, 6.45) is -10.4. The van der Waals surface area contributed by atoms with Crippen molar-refractivity contribution in [3.8, 4) is 11.4 Å². The van der Waals surface area contributed by atoms with Crippen LogP contribution < -0.4 is 4.74 Å². The second kappa shape index (κ2) is 6.71. The molecule has 0 radical (unpaired) electrons. The molecule has 0 N–H and O–H groups in total. The van der Waals surface area contributed by atoms with Gasteiger partial charge >= 0.3 is 12.4 Å². The van der Waals surface area contributed by atoms with E-state index in [1.807, 2.05) is 0 Å². The molecule has 0 amide bonds.